The molecular weight excluding hydrogens is 352 g/mol. The molecule has 26 heavy (non-hydrogen) atoms. The summed E-state index contributed by atoms with van der Waals surface area (Å²) in [5.74, 6) is 1.12. The zero-order chi connectivity index (χ0) is 18.5. The number of ether oxygens (including phenoxy) is 2. The van der Waals surface area contributed by atoms with Crippen LogP contribution in [0.5, 0.6) is 11.5 Å². The van der Waals surface area contributed by atoms with E-state index in [2.05, 4.69) is 24.1 Å². The first-order chi connectivity index (χ1) is 12.6. The molecule has 0 bridgehead atoms. The molecule has 2 aromatic rings. The number of carbonyl (C=O) groups is 1. The van der Waals surface area contributed by atoms with Crippen LogP contribution >= 0.6 is 11.6 Å². The van der Waals surface area contributed by atoms with Crippen molar-refractivity contribution in [2.24, 2.45) is 0 Å². The van der Waals surface area contributed by atoms with Crippen LogP contribution < -0.4 is 14.8 Å². The molecule has 0 spiro atoms. The zero-order valence-corrected chi connectivity index (χ0v) is 15.8. The minimum atomic E-state index is -0.146. The van der Waals surface area contributed by atoms with Crippen LogP contribution in [0.25, 0.3) is 0 Å². The standard InChI is InChI=1S/C20H23ClN2O3/c1-3-23(4-2)17(15-7-5-6-8-16(15)21)12-22-20(24)14-9-10-18-19(11-14)26-13-25-18/h5-11,17H,3-4,12-13H2,1-2H3,(H,22,24). The Morgan fingerprint density at radius 3 is 2.62 bits per heavy atom. The summed E-state index contributed by atoms with van der Waals surface area (Å²) >= 11 is 6.40. The molecule has 0 saturated heterocycles. The van der Waals surface area contributed by atoms with Crippen molar-refractivity contribution in [1.82, 2.24) is 10.2 Å². The van der Waals surface area contributed by atoms with E-state index in [1.165, 1.54) is 0 Å². The maximum absolute atomic E-state index is 12.6. The Balaban J connectivity index is 1.75. The van der Waals surface area contributed by atoms with E-state index in [1.54, 1.807) is 18.2 Å². The number of hydrogen-bond acceptors (Lipinski definition) is 4. The van der Waals surface area contributed by atoms with Gasteiger partial charge in [0, 0.05) is 17.1 Å². The van der Waals surface area contributed by atoms with Gasteiger partial charge in [-0.05, 0) is 42.9 Å². The van der Waals surface area contributed by atoms with Crippen LogP contribution in [0.1, 0.15) is 35.8 Å². The monoisotopic (exact) mass is 374 g/mol. The van der Waals surface area contributed by atoms with Crippen molar-refractivity contribution < 1.29 is 14.3 Å². The lowest BCUT2D eigenvalue weighted by atomic mass is 10.0. The van der Waals surface area contributed by atoms with E-state index in [0.717, 1.165) is 18.7 Å². The van der Waals surface area contributed by atoms with Crippen LogP contribution in [0.2, 0.25) is 5.02 Å². The van der Waals surface area contributed by atoms with Gasteiger partial charge in [0.25, 0.3) is 5.91 Å². The number of rotatable bonds is 7. The van der Waals surface area contributed by atoms with Crippen molar-refractivity contribution in [2.45, 2.75) is 19.9 Å². The second-order valence-electron chi connectivity index (χ2n) is 6.04. The van der Waals surface area contributed by atoms with Gasteiger partial charge in [-0.3, -0.25) is 9.69 Å². The van der Waals surface area contributed by atoms with Crippen LogP contribution in [0.3, 0.4) is 0 Å². The highest BCUT2D eigenvalue weighted by Crippen LogP contribution is 2.32. The summed E-state index contributed by atoms with van der Waals surface area (Å²) < 4.78 is 10.6. The topological polar surface area (TPSA) is 50.8 Å². The second-order valence-corrected chi connectivity index (χ2v) is 6.44. The average Bonchev–Trinajstić information content (AvgIpc) is 3.13. The summed E-state index contributed by atoms with van der Waals surface area (Å²) in [5, 5.41) is 3.74. The van der Waals surface area contributed by atoms with E-state index in [9.17, 15) is 4.79 Å². The summed E-state index contributed by atoms with van der Waals surface area (Å²) in [6.07, 6.45) is 0. The fraction of sp³-hybridized carbons (Fsp3) is 0.350. The van der Waals surface area contributed by atoms with Crippen molar-refractivity contribution in [3.63, 3.8) is 0 Å². The summed E-state index contributed by atoms with van der Waals surface area (Å²) in [7, 11) is 0. The summed E-state index contributed by atoms with van der Waals surface area (Å²) in [6, 6.07) is 13.0. The lowest BCUT2D eigenvalue weighted by molar-refractivity contribution is 0.0934. The Morgan fingerprint density at radius 2 is 1.88 bits per heavy atom. The molecular formula is C20H23ClN2O3. The van der Waals surface area contributed by atoms with Crippen molar-refractivity contribution in [3.8, 4) is 11.5 Å². The zero-order valence-electron chi connectivity index (χ0n) is 15.0. The molecule has 0 aromatic heterocycles. The molecule has 5 nitrogen and oxygen atoms in total. The fourth-order valence-electron chi connectivity index (χ4n) is 3.17. The third-order valence-electron chi connectivity index (χ3n) is 4.61. The molecule has 0 aliphatic carbocycles. The van der Waals surface area contributed by atoms with Crippen molar-refractivity contribution in [3.05, 3.63) is 58.6 Å². The first kappa shape index (κ1) is 18.5. The van der Waals surface area contributed by atoms with Crippen LogP contribution in [-0.2, 0) is 0 Å². The minimum Gasteiger partial charge on any atom is -0.454 e. The summed E-state index contributed by atoms with van der Waals surface area (Å²) in [6.45, 7) is 6.61. The number of carbonyl (C=O) groups excluding carboxylic acids is 1. The molecule has 3 rings (SSSR count). The molecule has 1 heterocycles. The first-order valence-corrected chi connectivity index (χ1v) is 9.18. The molecule has 1 amide bonds. The van der Waals surface area contributed by atoms with Crippen LogP contribution in [0.4, 0.5) is 0 Å². The Bertz CT molecular complexity index is 777. The minimum absolute atomic E-state index is 0.0108. The van der Waals surface area contributed by atoms with Crippen molar-refractivity contribution in [2.75, 3.05) is 26.4 Å². The van der Waals surface area contributed by atoms with Gasteiger partial charge >= 0.3 is 0 Å². The lowest BCUT2D eigenvalue weighted by Crippen LogP contribution is -2.38. The van der Waals surface area contributed by atoms with E-state index in [-0.39, 0.29) is 18.7 Å². The Morgan fingerprint density at radius 1 is 1.15 bits per heavy atom. The number of nitrogens with one attached hydrogen (secondary N) is 1. The molecule has 0 saturated carbocycles. The van der Waals surface area contributed by atoms with Gasteiger partial charge in [-0.15, -0.1) is 0 Å². The largest absolute Gasteiger partial charge is 0.454 e. The van der Waals surface area contributed by atoms with Crippen molar-refractivity contribution in [1.29, 1.82) is 0 Å². The Kier molecular flexibility index (Phi) is 6.01. The van der Waals surface area contributed by atoms with Crippen molar-refractivity contribution >= 4 is 17.5 Å². The highest BCUT2D eigenvalue weighted by Gasteiger charge is 2.22. The van der Waals surface area contributed by atoms with E-state index in [4.69, 9.17) is 21.1 Å². The van der Waals surface area contributed by atoms with Gasteiger partial charge in [0.2, 0.25) is 6.79 Å². The second kappa shape index (κ2) is 8.43. The van der Waals surface area contributed by atoms with E-state index in [0.29, 0.717) is 28.6 Å². The van der Waals surface area contributed by atoms with Gasteiger partial charge in [0.15, 0.2) is 11.5 Å². The number of halogens is 1. The van der Waals surface area contributed by atoms with Gasteiger partial charge in [-0.2, -0.15) is 0 Å². The van der Waals surface area contributed by atoms with E-state index in [1.807, 2.05) is 24.3 Å². The highest BCUT2D eigenvalue weighted by molar-refractivity contribution is 6.31. The first-order valence-electron chi connectivity index (χ1n) is 8.80. The normalized spacial score (nSPS) is 13.7. The summed E-state index contributed by atoms with van der Waals surface area (Å²) in [4.78, 5) is 14.9. The molecule has 1 N–H and O–H groups in total. The predicted molar refractivity (Wildman–Crippen MR) is 102 cm³/mol. The van der Waals surface area contributed by atoms with Gasteiger partial charge in [-0.25, -0.2) is 0 Å². The predicted octanol–water partition coefficient (Wildman–Crippen LogP) is 3.88. The Labute approximate surface area is 158 Å². The fourth-order valence-corrected chi connectivity index (χ4v) is 3.44. The maximum atomic E-state index is 12.6. The summed E-state index contributed by atoms with van der Waals surface area (Å²) in [5.41, 5.74) is 1.57. The van der Waals surface area contributed by atoms with Crippen LogP contribution in [0, 0.1) is 0 Å². The molecule has 2 aromatic carbocycles. The molecule has 1 atom stereocenters. The molecule has 138 valence electrons. The lowest BCUT2D eigenvalue weighted by Gasteiger charge is -2.31. The van der Waals surface area contributed by atoms with E-state index < -0.39 is 0 Å². The molecule has 0 radical (unpaired) electrons. The Hall–Kier alpha value is -2.24. The molecule has 1 aliphatic heterocycles. The number of likely N-dealkylation sites (N-methyl/N-ethyl adjacent to an activating group) is 1. The molecule has 6 heteroatoms. The number of amides is 1. The van der Waals surface area contributed by atoms with Gasteiger partial charge in [-0.1, -0.05) is 43.6 Å². The maximum Gasteiger partial charge on any atom is 0.251 e. The van der Waals surface area contributed by atoms with Gasteiger partial charge < -0.3 is 14.8 Å². The van der Waals surface area contributed by atoms with Crippen LogP contribution in [-0.4, -0.2) is 37.2 Å². The molecule has 1 aliphatic rings. The van der Waals surface area contributed by atoms with Gasteiger partial charge in [0.1, 0.15) is 0 Å². The number of nitrogens with zero attached hydrogens (tertiary/aromatic N) is 1. The van der Waals surface area contributed by atoms with Crippen LogP contribution in [0.15, 0.2) is 42.5 Å². The number of benzene rings is 2. The third-order valence-corrected chi connectivity index (χ3v) is 4.95. The highest BCUT2D eigenvalue weighted by atomic mass is 35.5. The molecule has 1 unspecified atom stereocenters. The SMILES string of the molecule is CCN(CC)C(CNC(=O)c1ccc2c(c1)OCO2)c1ccccc1Cl. The number of fused-ring (bicyclic) bond motifs is 1. The quantitative estimate of drug-likeness (QED) is 0.799. The van der Waals surface area contributed by atoms with E-state index >= 15 is 0 Å². The average molecular weight is 375 g/mol. The smallest absolute Gasteiger partial charge is 0.251 e. The number of hydrogen-bond donors (Lipinski definition) is 1. The third kappa shape index (κ3) is 3.94. The van der Waals surface area contributed by atoms with Gasteiger partial charge in [0.05, 0.1) is 6.04 Å². The molecule has 0 fully saturated rings.